The van der Waals surface area contributed by atoms with Gasteiger partial charge in [0.15, 0.2) is 5.82 Å². The highest BCUT2D eigenvalue weighted by Crippen LogP contribution is 2.58. The summed E-state index contributed by atoms with van der Waals surface area (Å²) < 4.78 is 42.6. The molecule has 5 heterocycles. The molecule has 2 aliphatic heterocycles. The molecule has 1 N–H and O–H groups in total. The molecule has 3 aliphatic rings. The van der Waals surface area contributed by atoms with Gasteiger partial charge >= 0.3 is 0 Å². The van der Waals surface area contributed by atoms with Crippen molar-refractivity contribution >= 4 is 29.0 Å². The molecule has 37 heavy (non-hydrogen) atoms. The predicted octanol–water partition coefficient (Wildman–Crippen LogP) is 5.04. The number of nitrogens with zero attached hydrogens (tertiary/aromatic N) is 5. The lowest BCUT2D eigenvalue weighted by atomic mass is 9.62. The third-order valence-electron chi connectivity index (χ3n) is 7.72. The first kappa shape index (κ1) is 24.3. The van der Waals surface area contributed by atoms with E-state index in [1.807, 2.05) is 18.3 Å². The lowest BCUT2D eigenvalue weighted by Gasteiger charge is -2.51. The molecule has 1 aliphatic carbocycles. The molecule has 0 bridgehead atoms. The van der Waals surface area contributed by atoms with E-state index in [-0.39, 0.29) is 36.9 Å². The van der Waals surface area contributed by atoms with Crippen LogP contribution in [0.25, 0.3) is 10.6 Å². The van der Waals surface area contributed by atoms with Crippen molar-refractivity contribution in [2.75, 3.05) is 39.0 Å². The van der Waals surface area contributed by atoms with Gasteiger partial charge in [-0.25, -0.2) is 28.1 Å². The Kier molecular flexibility index (Phi) is 5.76. The molecule has 2 fully saturated rings. The molecule has 11 heteroatoms. The highest BCUT2D eigenvalue weighted by atomic mass is 32.1. The second-order valence-electron chi connectivity index (χ2n) is 10.6. The second-order valence-corrected chi connectivity index (χ2v) is 11.6. The van der Waals surface area contributed by atoms with Crippen LogP contribution >= 0.6 is 11.3 Å². The molecular weight excluding hydrogens is 501 g/mol. The average Bonchev–Trinajstić information content (AvgIpc) is 3.30. The first-order chi connectivity index (χ1) is 17.6. The van der Waals surface area contributed by atoms with Crippen molar-refractivity contribution in [2.24, 2.45) is 0 Å². The van der Waals surface area contributed by atoms with Gasteiger partial charge < -0.3 is 15.1 Å². The number of rotatable bonds is 4. The second kappa shape index (κ2) is 8.76. The minimum atomic E-state index is -2.75. The van der Waals surface area contributed by atoms with E-state index in [1.165, 1.54) is 21.8 Å². The summed E-state index contributed by atoms with van der Waals surface area (Å²) in [6.07, 6.45) is 4.48. The van der Waals surface area contributed by atoms with Gasteiger partial charge in [-0.3, -0.25) is 4.79 Å². The molecule has 0 radical (unpaired) electrons. The Labute approximate surface area is 216 Å². The molecule has 194 valence electrons. The largest absolute Gasteiger partial charge is 0.341 e. The van der Waals surface area contributed by atoms with E-state index < -0.39 is 17.2 Å². The van der Waals surface area contributed by atoms with Gasteiger partial charge in [0.05, 0.1) is 16.6 Å². The molecule has 6 rings (SSSR count). The topological polar surface area (TPSA) is 74.2 Å². The highest BCUT2D eigenvalue weighted by Gasteiger charge is 2.61. The molecule has 3 aromatic heterocycles. The van der Waals surface area contributed by atoms with Crippen LogP contribution < -0.4 is 5.32 Å². The molecule has 0 aromatic carbocycles. The molecule has 3 aromatic rings. The van der Waals surface area contributed by atoms with Crippen molar-refractivity contribution in [3.63, 3.8) is 0 Å². The van der Waals surface area contributed by atoms with E-state index in [2.05, 4.69) is 32.2 Å². The fourth-order valence-corrected chi connectivity index (χ4v) is 7.17. The van der Waals surface area contributed by atoms with Crippen LogP contribution in [0.15, 0.2) is 30.6 Å². The van der Waals surface area contributed by atoms with Crippen LogP contribution in [-0.2, 0) is 5.41 Å². The van der Waals surface area contributed by atoms with Crippen molar-refractivity contribution in [2.45, 2.75) is 42.9 Å². The maximum Gasteiger partial charge on any atom is 0.254 e. The summed E-state index contributed by atoms with van der Waals surface area (Å²) in [5.41, 5.74) is 0.766. The van der Waals surface area contributed by atoms with Gasteiger partial charge in [-0.1, -0.05) is 6.07 Å². The van der Waals surface area contributed by atoms with Crippen molar-refractivity contribution in [3.8, 4) is 10.6 Å². The van der Waals surface area contributed by atoms with Gasteiger partial charge in [0.2, 0.25) is 11.9 Å². The Hall–Kier alpha value is -3.05. The van der Waals surface area contributed by atoms with E-state index in [4.69, 9.17) is 0 Å². The van der Waals surface area contributed by atoms with Gasteiger partial charge in [-0.15, -0.1) is 11.3 Å². The monoisotopic (exact) mass is 528 g/mol. The van der Waals surface area contributed by atoms with Crippen LogP contribution in [0, 0.1) is 5.82 Å². The van der Waals surface area contributed by atoms with Gasteiger partial charge in [0, 0.05) is 42.9 Å². The number of pyridine rings is 1. The summed E-state index contributed by atoms with van der Waals surface area (Å²) in [6.45, 7) is 2.36. The van der Waals surface area contributed by atoms with Crippen LogP contribution in [0.1, 0.15) is 52.4 Å². The summed E-state index contributed by atoms with van der Waals surface area (Å²) in [7, 11) is 3.74. The number of piperidine rings is 1. The third kappa shape index (κ3) is 4.37. The fraction of sp³-hybridized carbons (Fsp3) is 0.462. The summed E-state index contributed by atoms with van der Waals surface area (Å²) in [5, 5.41) is 3.03. The van der Waals surface area contributed by atoms with E-state index in [0.29, 0.717) is 27.1 Å². The molecule has 1 spiro atoms. The maximum atomic E-state index is 14.8. The Balaban J connectivity index is 1.25. The maximum absolute atomic E-state index is 14.8. The first-order valence-corrected chi connectivity index (χ1v) is 13.2. The zero-order valence-corrected chi connectivity index (χ0v) is 21.4. The average molecular weight is 529 g/mol. The Morgan fingerprint density at radius 2 is 1.86 bits per heavy atom. The SMILES string of the molecule is CN1CCC(c2ccc(Nc3ncc(F)c(-c4cc5c(s4)C4(CN(C)C5=O)CC(F)(F)C4)n3)nc2)CC1. The number of aromatic nitrogens is 3. The van der Waals surface area contributed by atoms with E-state index in [1.54, 1.807) is 13.1 Å². The number of carbonyl (C=O) groups is 1. The van der Waals surface area contributed by atoms with Crippen molar-refractivity contribution in [1.29, 1.82) is 0 Å². The van der Waals surface area contributed by atoms with Crippen LogP contribution in [0.5, 0.6) is 0 Å². The summed E-state index contributed by atoms with van der Waals surface area (Å²) >= 11 is 1.17. The fourth-order valence-electron chi connectivity index (χ4n) is 5.85. The zero-order chi connectivity index (χ0) is 25.9. The zero-order valence-electron chi connectivity index (χ0n) is 20.6. The molecule has 0 atom stereocenters. The number of thiophene rings is 1. The normalized spacial score (nSPS) is 21.1. The van der Waals surface area contributed by atoms with Gasteiger partial charge in [0.1, 0.15) is 11.5 Å². The predicted molar refractivity (Wildman–Crippen MR) is 135 cm³/mol. The number of carbonyl (C=O) groups excluding carboxylic acids is 1. The van der Waals surface area contributed by atoms with Gasteiger partial charge in [0.25, 0.3) is 5.91 Å². The Bertz CT molecular complexity index is 1340. The first-order valence-electron chi connectivity index (χ1n) is 12.3. The Morgan fingerprint density at radius 1 is 1.11 bits per heavy atom. The summed E-state index contributed by atoms with van der Waals surface area (Å²) in [4.78, 5) is 30.5. The number of likely N-dealkylation sites (N-methyl/N-ethyl adjacent to an activating group) is 1. The number of hydrogen-bond donors (Lipinski definition) is 1. The summed E-state index contributed by atoms with van der Waals surface area (Å²) in [6, 6.07) is 5.47. The summed E-state index contributed by atoms with van der Waals surface area (Å²) in [5.74, 6) is -2.47. The number of likely N-dealkylation sites (tertiary alicyclic amines) is 1. The van der Waals surface area contributed by atoms with Crippen molar-refractivity contribution in [3.05, 3.63) is 52.4 Å². The smallest absolute Gasteiger partial charge is 0.254 e. The number of hydrogen-bond acceptors (Lipinski definition) is 7. The van der Waals surface area contributed by atoms with E-state index in [9.17, 15) is 18.0 Å². The van der Waals surface area contributed by atoms with Crippen LogP contribution in [0.4, 0.5) is 24.9 Å². The quantitative estimate of drug-likeness (QED) is 0.511. The van der Waals surface area contributed by atoms with E-state index >= 15 is 0 Å². The number of amides is 1. The minimum Gasteiger partial charge on any atom is -0.341 e. The van der Waals surface area contributed by atoms with Crippen LogP contribution in [-0.4, -0.2) is 70.3 Å². The van der Waals surface area contributed by atoms with Crippen molar-refractivity contribution in [1.82, 2.24) is 24.8 Å². The molecule has 1 amide bonds. The minimum absolute atomic E-state index is 0.0246. The molecule has 1 saturated carbocycles. The molecule has 0 unspecified atom stereocenters. The van der Waals surface area contributed by atoms with Gasteiger partial charge in [-0.05, 0) is 56.6 Å². The molecular formula is C26H27F3N6OS. The van der Waals surface area contributed by atoms with Gasteiger partial charge in [-0.2, -0.15) is 0 Å². The third-order valence-corrected chi connectivity index (χ3v) is 9.11. The standard InChI is InChI=1S/C26H27F3N6OS/c1-34-7-5-15(6-8-34)16-3-4-20(30-10-16)32-24-31-11-18(27)21(33-24)19-9-17-22(37-19)25(12-26(28,29)13-25)14-35(2)23(17)36/h3-4,9-11,15H,5-8,12-14H2,1-2H3,(H,30,31,32,33). The molecule has 7 nitrogen and oxygen atoms in total. The number of alkyl halides is 2. The number of fused-ring (bicyclic) bond motifs is 2. The van der Waals surface area contributed by atoms with Crippen LogP contribution in [0.3, 0.4) is 0 Å². The number of anilines is 2. The molecule has 1 saturated heterocycles. The lowest BCUT2D eigenvalue weighted by Crippen LogP contribution is -2.58. The number of nitrogens with one attached hydrogen (secondary N) is 1. The lowest BCUT2D eigenvalue weighted by molar-refractivity contribution is -0.131. The van der Waals surface area contributed by atoms with Crippen LogP contribution in [0.2, 0.25) is 0 Å². The van der Waals surface area contributed by atoms with Crippen molar-refractivity contribution < 1.29 is 18.0 Å². The Morgan fingerprint density at radius 3 is 2.54 bits per heavy atom. The van der Waals surface area contributed by atoms with E-state index in [0.717, 1.165) is 32.1 Å². The number of halogens is 3. The highest BCUT2D eigenvalue weighted by molar-refractivity contribution is 7.16.